The van der Waals surface area contributed by atoms with E-state index < -0.39 is 0 Å². The van der Waals surface area contributed by atoms with E-state index in [4.69, 9.17) is 27.7 Å². The Labute approximate surface area is 185 Å². The molecule has 0 radical (unpaired) electrons. The van der Waals surface area contributed by atoms with Gasteiger partial charge in [0.2, 0.25) is 5.82 Å². The summed E-state index contributed by atoms with van der Waals surface area (Å²) < 4.78 is 5.60. The van der Waals surface area contributed by atoms with Crippen LogP contribution in [-0.4, -0.2) is 41.3 Å². The molecule has 0 bridgehead atoms. The molecular weight excluding hydrogens is 421 g/mol. The van der Waals surface area contributed by atoms with Crippen LogP contribution in [0.25, 0.3) is 11.4 Å². The molecule has 1 spiro atoms. The second kappa shape index (κ2) is 7.75. The predicted octanol–water partition coefficient (Wildman–Crippen LogP) is 5.11. The predicted molar refractivity (Wildman–Crippen MR) is 119 cm³/mol. The van der Waals surface area contributed by atoms with Gasteiger partial charge in [-0.1, -0.05) is 35.3 Å². The summed E-state index contributed by atoms with van der Waals surface area (Å²) in [4.78, 5) is 13.7. The molecule has 6 nitrogen and oxygen atoms in total. The number of rotatable bonds is 4. The van der Waals surface area contributed by atoms with Crippen molar-refractivity contribution in [2.45, 2.75) is 26.2 Å². The van der Waals surface area contributed by atoms with Crippen molar-refractivity contribution >= 4 is 34.9 Å². The van der Waals surface area contributed by atoms with Crippen LogP contribution in [0.15, 0.2) is 41.1 Å². The van der Waals surface area contributed by atoms with Crippen molar-refractivity contribution in [2.24, 2.45) is 5.41 Å². The number of hydrogen-bond acceptors (Lipinski definition) is 6. The molecular formula is C22H23Cl2N5O. The summed E-state index contributed by atoms with van der Waals surface area (Å²) in [5.74, 6) is 0.508. The van der Waals surface area contributed by atoms with E-state index in [1.807, 2.05) is 6.20 Å². The molecule has 30 heavy (non-hydrogen) atoms. The Bertz CT molecular complexity index is 1040. The molecule has 156 valence electrons. The minimum absolute atomic E-state index is 0.266. The third kappa shape index (κ3) is 3.74. The van der Waals surface area contributed by atoms with Gasteiger partial charge in [-0.15, -0.1) is 0 Å². The Kier molecular flexibility index (Phi) is 5.07. The van der Waals surface area contributed by atoms with Crippen molar-refractivity contribution < 1.29 is 4.52 Å². The second-order valence-corrected chi connectivity index (χ2v) is 9.17. The molecule has 4 heterocycles. The zero-order chi connectivity index (χ0) is 20.7. The molecule has 2 aliphatic rings. The number of anilines is 2. The van der Waals surface area contributed by atoms with E-state index in [0.29, 0.717) is 21.9 Å². The Morgan fingerprint density at radius 3 is 2.60 bits per heavy atom. The Hall–Kier alpha value is -2.31. The van der Waals surface area contributed by atoms with Gasteiger partial charge in [0.1, 0.15) is 0 Å². The SMILES string of the molecule is CCc1cc(N2CC3(CCCN(c4nc(-c5cc(Cl)cc(Cl)c5)no4)C3)C2)ccn1. The van der Waals surface area contributed by atoms with Gasteiger partial charge in [-0.05, 0) is 49.6 Å². The molecule has 2 aliphatic heterocycles. The third-order valence-corrected chi connectivity index (χ3v) is 6.48. The lowest BCUT2D eigenvalue weighted by Crippen LogP contribution is -2.63. The molecule has 2 aromatic heterocycles. The molecule has 2 fully saturated rings. The molecule has 5 rings (SSSR count). The van der Waals surface area contributed by atoms with Gasteiger partial charge in [0.05, 0.1) is 0 Å². The first-order chi connectivity index (χ1) is 14.5. The van der Waals surface area contributed by atoms with E-state index in [1.165, 1.54) is 12.1 Å². The zero-order valence-corrected chi connectivity index (χ0v) is 18.3. The molecule has 1 aromatic carbocycles. The Morgan fingerprint density at radius 1 is 1.07 bits per heavy atom. The molecule has 0 saturated carbocycles. The van der Waals surface area contributed by atoms with Crippen LogP contribution in [0.5, 0.6) is 0 Å². The quantitative estimate of drug-likeness (QED) is 0.558. The number of hydrogen-bond donors (Lipinski definition) is 0. The normalized spacial score (nSPS) is 18.0. The third-order valence-electron chi connectivity index (χ3n) is 6.05. The monoisotopic (exact) mass is 443 g/mol. The Morgan fingerprint density at radius 2 is 1.83 bits per heavy atom. The first-order valence-corrected chi connectivity index (χ1v) is 11.0. The van der Waals surface area contributed by atoms with E-state index in [-0.39, 0.29) is 5.41 Å². The molecule has 2 saturated heterocycles. The smallest absolute Gasteiger partial charge is 0.324 e. The van der Waals surface area contributed by atoms with Gasteiger partial charge < -0.3 is 14.3 Å². The van der Waals surface area contributed by atoms with Crippen LogP contribution in [0.2, 0.25) is 10.0 Å². The molecule has 3 aromatic rings. The van der Waals surface area contributed by atoms with Gasteiger partial charge in [-0.3, -0.25) is 4.98 Å². The number of aromatic nitrogens is 3. The number of benzene rings is 1. The van der Waals surface area contributed by atoms with Crippen molar-refractivity contribution in [3.8, 4) is 11.4 Å². The lowest BCUT2D eigenvalue weighted by Gasteiger charge is -2.55. The number of nitrogens with zero attached hydrogens (tertiary/aromatic N) is 5. The summed E-state index contributed by atoms with van der Waals surface area (Å²) in [5.41, 5.74) is 3.43. The van der Waals surface area contributed by atoms with Crippen molar-refractivity contribution in [2.75, 3.05) is 36.0 Å². The van der Waals surface area contributed by atoms with Crippen molar-refractivity contribution in [1.29, 1.82) is 0 Å². The average molecular weight is 444 g/mol. The maximum absolute atomic E-state index is 6.11. The molecule has 0 amide bonds. The largest absolute Gasteiger partial charge is 0.370 e. The topological polar surface area (TPSA) is 58.3 Å². The molecule has 0 N–H and O–H groups in total. The van der Waals surface area contributed by atoms with Crippen LogP contribution >= 0.6 is 23.2 Å². The highest BCUT2D eigenvalue weighted by Crippen LogP contribution is 2.42. The maximum atomic E-state index is 6.11. The van der Waals surface area contributed by atoms with Crippen molar-refractivity contribution in [1.82, 2.24) is 15.1 Å². The van der Waals surface area contributed by atoms with Crippen LogP contribution in [0.4, 0.5) is 11.7 Å². The van der Waals surface area contributed by atoms with E-state index in [1.54, 1.807) is 18.2 Å². The summed E-state index contributed by atoms with van der Waals surface area (Å²) >= 11 is 12.2. The summed E-state index contributed by atoms with van der Waals surface area (Å²) in [6.07, 6.45) is 5.20. The van der Waals surface area contributed by atoms with Crippen LogP contribution in [0, 0.1) is 5.41 Å². The van der Waals surface area contributed by atoms with E-state index >= 15 is 0 Å². The maximum Gasteiger partial charge on any atom is 0.324 e. The van der Waals surface area contributed by atoms with E-state index in [0.717, 1.165) is 50.3 Å². The lowest BCUT2D eigenvalue weighted by molar-refractivity contribution is 0.169. The first-order valence-electron chi connectivity index (χ1n) is 10.3. The summed E-state index contributed by atoms with van der Waals surface area (Å²) in [7, 11) is 0. The highest BCUT2D eigenvalue weighted by atomic mass is 35.5. The van der Waals surface area contributed by atoms with Gasteiger partial charge in [0.15, 0.2) is 0 Å². The number of pyridine rings is 1. The fourth-order valence-corrected chi connectivity index (χ4v) is 5.10. The van der Waals surface area contributed by atoms with Crippen molar-refractivity contribution in [3.05, 3.63) is 52.3 Å². The van der Waals surface area contributed by atoms with Gasteiger partial charge in [-0.2, -0.15) is 4.98 Å². The minimum atomic E-state index is 0.266. The van der Waals surface area contributed by atoms with Crippen LogP contribution < -0.4 is 9.80 Å². The highest BCUT2D eigenvalue weighted by molar-refractivity contribution is 6.35. The zero-order valence-electron chi connectivity index (χ0n) is 16.8. The molecule has 0 atom stereocenters. The fourth-order valence-electron chi connectivity index (χ4n) is 4.57. The van der Waals surface area contributed by atoms with Gasteiger partial charge >= 0.3 is 6.01 Å². The first kappa shape index (κ1) is 19.6. The van der Waals surface area contributed by atoms with Gasteiger partial charge in [0, 0.05) is 64.8 Å². The summed E-state index contributed by atoms with van der Waals surface area (Å²) in [6, 6.07) is 10.2. The minimum Gasteiger partial charge on any atom is -0.370 e. The summed E-state index contributed by atoms with van der Waals surface area (Å²) in [6.45, 7) is 6.07. The standard InChI is InChI=1S/C22H23Cl2N5O/c1-2-18-11-19(4-6-25-18)29-13-22(14-29)5-3-7-28(12-22)21-26-20(27-30-21)15-8-16(23)10-17(24)9-15/h4,6,8-11H,2-3,5,7,12-14H2,1H3. The lowest BCUT2D eigenvalue weighted by atomic mass is 9.73. The molecule has 0 aliphatic carbocycles. The number of halogens is 2. The van der Waals surface area contributed by atoms with E-state index in [2.05, 4.69) is 44.0 Å². The summed E-state index contributed by atoms with van der Waals surface area (Å²) in [5, 5.41) is 5.26. The van der Waals surface area contributed by atoms with Crippen LogP contribution in [-0.2, 0) is 6.42 Å². The second-order valence-electron chi connectivity index (χ2n) is 8.30. The van der Waals surface area contributed by atoms with Crippen LogP contribution in [0.1, 0.15) is 25.5 Å². The Balaban J connectivity index is 1.29. The molecule has 8 heteroatoms. The van der Waals surface area contributed by atoms with E-state index in [9.17, 15) is 0 Å². The fraction of sp³-hybridized carbons (Fsp3) is 0.409. The van der Waals surface area contributed by atoms with Crippen LogP contribution in [0.3, 0.4) is 0 Å². The van der Waals surface area contributed by atoms with Crippen molar-refractivity contribution in [3.63, 3.8) is 0 Å². The molecule has 0 unspecified atom stereocenters. The average Bonchev–Trinajstić information content (AvgIpc) is 3.22. The van der Waals surface area contributed by atoms with Gasteiger partial charge in [0.25, 0.3) is 0 Å². The number of aryl methyl sites for hydroxylation is 1. The highest BCUT2D eigenvalue weighted by Gasteiger charge is 2.46. The van der Waals surface area contributed by atoms with Gasteiger partial charge in [-0.25, -0.2) is 0 Å². The number of piperidine rings is 1.